The van der Waals surface area contributed by atoms with Crippen LogP contribution in [0.1, 0.15) is 19.4 Å². The van der Waals surface area contributed by atoms with Crippen LogP contribution in [0.4, 0.5) is 5.69 Å². The van der Waals surface area contributed by atoms with Gasteiger partial charge in [-0.3, -0.25) is 13.9 Å². The molecule has 36 heavy (non-hydrogen) atoms. The average molecular weight is 548 g/mol. The second kappa shape index (κ2) is 12.3. The van der Waals surface area contributed by atoms with E-state index in [1.165, 1.54) is 35.2 Å². The van der Waals surface area contributed by atoms with Gasteiger partial charge in [0.2, 0.25) is 11.8 Å². The van der Waals surface area contributed by atoms with Gasteiger partial charge in [0.05, 0.1) is 15.6 Å². The molecule has 1 N–H and O–H groups in total. The number of hydrogen-bond acceptors (Lipinski definition) is 4. The number of carbonyl (C=O) groups excluding carboxylic acids is 2. The zero-order valence-electron chi connectivity index (χ0n) is 19.9. The predicted molar refractivity (Wildman–Crippen MR) is 143 cm³/mol. The largest absolute Gasteiger partial charge is 0.355 e. The smallest absolute Gasteiger partial charge is 0.264 e. The maximum absolute atomic E-state index is 13.7. The van der Waals surface area contributed by atoms with Crippen LogP contribution in [0.3, 0.4) is 0 Å². The van der Waals surface area contributed by atoms with Crippen molar-refractivity contribution in [3.05, 3.63) is 94.5 Å². The lowest BCUT2D eigenvalue weighted by atomic mass is 10.1. The summed E-state index contributed by atoms with van der Waals surface area (Å²) in [4.78, 5) is 27.7. The maximum Gasteiger partial charge on any atom is 0.264 e. The molecule has 0 aromatic heterocycles. The van der Waals surface area contributed by atoms with E-state index in [4.69, 9.17) is 23.2 Å². The summed E-state index contributed by atoms with van der Waals surface area (Å²) in [5.74, 6) is -0.910. The topological polar surface area (TPSA) is 86.8 Å². The van der Waals surface area contributed by atoms with Gasteiger partial charge in [-0.1, -0.05) is 71.7 Å². The van der Waals surface area contributed by atoms with E-state index >= 15 is 0 Å². The molecule has 2 amide bonds. The molecule has 0 bridgehead atoms. The summed E-state index contributed by atoms with van der Waals surface area (Å²) >= 11 is 12.4. The van der Waals surface area contributed by atoms with Crippen LogP contribution in [0.2, 0.25) is 10.0 Å². The van der Waals surface area contributed by atoms with Gasteiger partial charge in [0.1, 0.15) is 12.6 Å². The van der Waals surface area contributed by atoms with Gasteiger partial charge in [-0.15, -0.1) is 0 Å². The van der Waals surface area contributed by atoms with Gasteiger partial charge in [0.15, 0.2) is 0 Å². The Morgan fingerprint density at radius 1 is 0.944 bits per heavy atom. The minimum Gasteiger partial charge on any atom is -0.355 e. The normalized spacial score (nSPS) is 12.0. The van der Waals surface area contributed by atoms with Crippen molar-refractivity contribution in [1.29, 1.82) is 0 Å². The number of carbonyl (C=O) groups is 2. The molecule has 0 fully saturated rings. The van der Waals surface area contributed by atoms with Crippen molar-refractivity contribution >= 4 is 50.7 Å². The summed E-state index contributed by atoms with van der Waals surface area (Å²) in [7, 11) is -4.19. The van der Waals surface area contributed by atoms with Gasteiger partial charge in [-0.25, -0.2) is 8.42 Å². The highest BCUT2D eigenvalue weighted by molar-refractivity contribution is 7.92. The third kappa shape index (κ3) is 6.57. The van der Waals surface area contributed by atoms with E-state index in [2.05, 4.69) is 5.32 Å². The molecule has 1 unspecified atom stereocenters. The van der Waals surface area contributed by atoms with Crippen LogP contribution in [0.5, 0.6) is 0 Å². The zero-order valence-corrected chi connectivity index (χ0v) is 22.2. The Kier molecular flexibility index (Phi) is 9.37. The first kappa shape index (κ1) is 27.5. The molecule has 3 aromatic carbocycles. The lowest BCUT2D eigenvalue weighted by molar-refractivity contribution is -0.139. The van der Waals surface area contributed by atoms with E-state index in [0.717, 1.165) is 9.87 Å². The van der Waals surface area contributed by atoms with E-state index in [1.807, 2.05) is 30.3 Å². The van der Waals surface area contributed by atoms with Crippen molar-refractivity contribution in [2.45, 2.75) is 31.3 Å². The van der Waals surface area contributed by atoms with Crippen molar-refractivity contribution in [1.82, 2.24) is 10.2 Å². The Morgan fingerprint density at radius 3 is 2.14 bits per heavy atom. The van der Waals surface area contributed by atoms with Gasteiger partial charge in [-0.2, -0.15) is 0 Å². The molecule has 7 nitrogen and oxygen atoms in total. The van der Waals surface area contributed by atoms with E-state index < -0.39 is 28.5 Å². The lowest BCUT2D eigenvalue weighted by Gasteiger charge is -2.32. The Morgan fingerprint density at radius 2 is 1.56 bits per heavy atom. The number of halogens is 2. The van der Waals surface area contributed by atoms with Crippen molar-refractivity contribution in [3.8, 4) is 0 Å². The molecule has 0 aliphatic heterocycles. The molecular formula is C26H27Cl2N3O4S. The molecule has 3 aromatic rings. The predicted octanol–water partition coefficient (Wildman–Crippen LogP) is 4.74. The first-order valence-corrected chi connectivity index (χ1v) is 13.5. The van der Waals surface area contributed by atoms with Crippen molar-refractivity contribution in [2.75, 3.05) is 17.4 Å². The van der Waals surface area contributed by atoms with Crippen LogP contribution in [0.15, 0.2) is 83.8 Å². The third-order valence-corrected chi connectivity index (χ3v) is 7.81. The minimum absolute atomic E-state index is 0.00444. The summed E-state index contributed by atoms with van der Waals surface area (Å²) in [6.45, 7) is 3.33. The zero-order chi connectivity index (χ0) is 26.3. The molecule has 0 heterocycles. The van der Waals surface area contributed by atoms with Crippen molar-refractivity contribution in [2.24, 2.45) is 0 Å². The Balaban J connectivity index is 2.04. The molecule has 0 aliphatic carbocycles. The SMILES string of the molecule is CCNC(=O)C(C)N(Cc1ccccc1)C(=O)CN(c1ccc(Cl)cc1Cl)S(=O)(=O)c1ccccc1. The minimum atomic E-state index is -4.19. The standard InChI is InChI=1S/C26H27Cl2N3O4S/c1-3-29-26(33)19(2)30(17-20-10-6-4-7-11-20)25(32)18-31(24-15-14-21(27)16-23(24)28)36(34,35)22-12-8-5-9-13-22/h4-16,19H,3,17-18H2,1-2H3,(H,29,33). The van der Waals surface area contributed by atoms with Crippen LogP contribution in [-0.2, 0) is 26.2 Å². The monoisotopic (exact) mass is 547 g/mol. The molecule has 1 atom stereocenters. The van der Waals surface area contributed by atoms with Gasteiger partial charge in [-0.05, 0) is 49.7 Å². The van der Waals surface area contributed by atoms with E-state index in [-0.39, 0.29) is 28.1 Å². The summed E-state index contributed by atoms with van der Waals surface area (Å²) in [6.07, 6.45) is 0. The van der Waals surface area contributed by atoms with E-state index in [1.54, 1.807) is 32.0 Å². The first-order chi connectivity index (χ1) is 17.1. The molecule has 190 valence electrons. The number of nitrogens with zero attached hydrogens (tertiary/aromatic N) is 2. The highest BCUT2D eigenvalue weighted by Gasteiger charge is 2.33. The highest BCUT2D eigenvalue weighted by Crippen LogP contribution is 2.33. The van der Waals surface area contributed by atoms with Crippen LogP contribution in [0.25, 0.3) is 0 Å². The molecule has 0 saturated carbocycles. The summed E-state index contributed by atoms with van der Waals surface area (Å²) in [6, 6.07) is 20.4. The Bertz CT molecular complexity index is 1310. The van der Waals surface area contributed by atoms with Crippen LogP contribution < -0.4 is 9.62 Å². The van der Waals surface area contributed by atoms with Crippen molar-refractivity contribution in [3.63, 3.8) is 0 Å². The number of nitrogens with one attached hydrogen (secondary N) is 1. The summed E-state index contributed by atoms with van der Waals surface area (Å²) in [5.41, 5.74) is 0.896. The van der Waals surface area contributed by atoms with Gasteiger partial charge in [0, 0.05) is 18.1 Å². The Hall–Kier alpha value is -3.07. The number of sulfonamides is 1. The molecular weight excluding hydrogens is 521 g/mol. The molecule has 0 spiro atoms. The van der Waals surface area contributed by atoms with Crippen molar-refractivity contribution < 1.29 is 18.0 Å². The molecule has 0 radical (unpaired) electrons. The fraction of sp³-hybridized carbons (Fsp3) is 0.231. The van der Waals surface area contributed by atoms with Gasteiger partial charge in [0.25, 0.3) is 10.0 Å². The van der Waals surface area contributed by atoms with Crippen LogP contribution in [-0.4, -0.2) is 44.3 Å². The third-order valence-electron chi connectivity index (χ3n) is 5.50. The number of anilines is 1. The number of likely N-dealkylation sites (N-methyl/N-ethyl adjacent to an activating group) is 1. The fourth-order valence-electron chi connectivity index (χ4n) is 3.60. The summed E-state index contributed by atoms with van der Waals surface area (Å²) in [5, 5.41) is 3.11. The maximum atomic E-state index is 13.7. The second-order valence-electron chi connectivity index (χ2n) is 8.00. The fourth-order valence-corrected chi connectivity index (χ4v) is 5.62. The van der Waals surface area contributed by atoms with Crippen LogP contribution in [0, 0.1) is 0 Å². The number of benzene rings is 3. The van der Waals surface area contributed by atoms with Gasteiger partial charge >= 0.3 is 0 Å². The number of amides is 2. The van der Waals surface area contributed by atoms with E-state index in [0.29, 0.717) is 11.6 Å². The van der Waals surface area contributed by atoms with Crippen LogP contribution >= 0.6 is 23.2 Å². The first-order valence-electron chi connectivity index (χ1n) is 11.3. The van der Waals surface area contributed by atoms with Gasteiger partial charge < -0.3 is 10.2 Å². The summed E-state index contributed by atoms with van der Waals surface area (Å²) < 4.78 is 28.3. The number of hydrogen-bond donors (Lipinski definition) is 1. The average Bonchev–Trinajstić information content (AvgIpc) is 2.87. The quantitative estimate of drug-likeness (QED) is 0.397. The molecule has 10 heteroatoms. The molecule has 0 saturated heterocycles. The second-order valence-corrected chi connectivity index (χ2v) is 10.7. The number of rotatable bonds is 10. The van der Waals surface area contributed by atoms with E-state index in [9.17, 15) is 18.0 Å². The molecule has 3 rings (SSSR count). The highest BCUT2D eigenvalue weighted by atomic mass is 35.5. The molecule has 0 aliphatic rings. The lowest BCUT2D eigenvalue weighted by Crippen LogP contribution is -2.51. The Labute approximate surface area is 221 Å².